The number of rotatable bonds is 5. The Morgan fingerprint density at radius 2 is 2.29 bits per heavy atom. The van der Waals surface area contributed by atoms with E-state index < -0.39 is 0 Å². The number of methoxy groups -OCH3 is 1. The molecule has 2 rings (SSSR count). The summed E-state index contributed by atoms with van der Waals surface area (Å²) in [7, 11) is 3.49. The van der Waals surface area contributed by atoms with Gasteiger partial charge in [0.2, 0.25) is 5.88 Å². The van der Waals surface area contributed by atoms with Gasteiger partial charge in [0.25, 0.3) is 0 Å². The number of aromatic nitrogens is 4. The van der Waals surface area contributed by atoms with Crippen LogP contribution in [0.3, 0.4) is 0 Å². The zero-order chi connectivity index (χ0) is 12.1. The van der Waals surface area contributed by atoms with Gasteiger partial charge in [0, 0.05) is 25.9 Å². The molecule has 2 aromatic rings. The molecule has 0 aromatic carbocycles. The molecule has 0 spiro atoms. The van der Waals surface area contributed by atoms with Crippen molar-refractivity contribution in [3.05, 3.63) is 30.4 Å². The second-order valence-corrected chi connectivity index (χ2v) is 3.64. The Morgan fingerprint density at radius 1 is 1.41 bits per heavy atom. The van der Waals surface area contributed by atoms with Crippen molar-refractivity contribution in [2.75, 3.05) is 19.0 Å². The second kappa shape index (κ2) is 5.29. The topological polar surface area (TPSA) is 64.9 Å². The maximum absolute atomic E-state index is 5.02. The van der Waals surface area contributed by atoms with Crippen LogP contribution in [-0.4, -0.2) is 33.4 Å². The fourth-order valence-electron chi connectivity index (χ4n) is 1.48. The van der Waals surface area contributed by atoms with Crippen molar-refractivity contribution in [1.82, 2.24) is 19.7 Å². The van der Waals surface area contributed by atoms with E-state index in [4.69, 9.17) is 4.74 Å². The zero-order valence-electron chi connectivity index (χ0n) is 9.92. The van der Waals surface area contributed by atoms with Crippen molar-refractivity contribution in [2.24, 2.45) is 7.05 Å². The van der Waals surface area contributed by atoms with Crippen LogP contribution in [0.1, 0.15) is 5.56 Å². The van der Waals surface area contributed by atoms with Crippen molar-refractivity contribution in [1.29, 1.82) is 0 Å². The van der Waals surface area contributed by atoms with Gasteiger partial charge in [-0.1, -0.05) is 0 Å². The van der Waals surface area contributed by atoms with Crippen molar-refractivity contribution in [3.8, 4) is 5.88 Å². The molecule has 0 fully saturated rings. The maximum atomic E-state index is 5.02. The molecular weight excluding hydrogens is 218 g/mol. The number of hydrogen-bond acceptors (Lipinski definition) is 5. The Hall–Kier alpha value is -2.11. The van der Waals surface area contributed by atoms with Crippen LogP contribution < -0.4 is 10.1 Å². The van der Waals surface area contributed by atoms with E-state index in [0.29, 0.717) is 5.88 Å². The van der Waals surface area contributed by atoms with E-state index in [1.54, 1.807) is 17.9 Å². The first-order chi connectivity index (χ1) is 8.28. The Bertz CT molecular complexity index is 482. The minimum Gasteiger partial charge on any atom is -0.481 e. The van der Waals surface area contributed by atoms with Gasteiger partial charge in [0.15, 0.2) is 0 Å². The molecule has 0 amide bonds. The fraction of sp³-hybridized carbons (Fsp3) is 0.364. The van der Waals surface area contributed by atoms with Crippen LogP contribution >= 0.6 is 0 Å². The maximum Gasteiger partial charge on any atom is 0.218 e. The highest BCUT2D eigenvalue weighted by Crippen LogP contribution is 2.10. The molecule has 2 aromatic heterocycles. The summed E-state index contributed by atoms with van der Waals surface area (Å²) in [6.45, 7) is 0.797. The molecule has 0 aliphatic carbocycles. The number of ether oxygens (including phenoxy) is 1. The standard InChI is InChI=1S/C11H15N5O/c1-16-7-9(6-15-16)3-4-12-10-5-11(17-2)14-8-13-10/h5-8H,3-4H2,1-2H3,(H,12,13,14). The van der Waals surface area contributed by atoms with Crippen LogP contribution in [-0.2, 0) is 13.5 Å². The molecule has 17 heavy (non-hydrogen) atoms. The van der Waals surface area contributed by atoms with Crippen molar-refractivity contribution in [2.45, 2.75) is 6.42 Å². The molecule has 1 N–H and O–H groups in total. The van der Waals surface area contributed by atoms with Gasteiger partial charge in [0.05, 0.1) is 13.3 Å². The predicted molar refractivity (Wildman–Crippen MR) is 64.0 cm³/mol. The number of nitrogens with one attached hydrogen (secondary N) is 1. The highest BCUT2D eigenvalue weighted by molar-refractivity contribution is 5.37. The third kappa shape index (κ3) is 3.17. The van der Waals surface area contributed by atoms with Gasteiger partial charge in [0.1, 0.15) is 12.1 Å². The monoisotopic (exact) mass is 233 g/mol. The van der Waals surface area contributed by atoms with E-state index in [2.05, 4.69) is 20.4 Å². The lowest BCUT2D eigenvalue weighted by molar-refractivity contribution is 0.397. The SMILES string of the molecule is COc1cc(NCCc2cnn(C)c2)ncn1. The molecule has 6 nitrogen and oxygen atoms in total. The third-order valence-corrected chi connectivity index (χ3v) is 2.33. The van der Waals surface area contributed by atoms with Crippen LogP contribution in [0.4, 0.5) is 5.82 Å². The molecule has 0 bridgehead atoms. The normalized spacial score (nSPS) is 10.2. The summed E-state index contributed by atoms with van der Waals surface area (Å²) in [6, 6.07) is 1.77. The minimum atomic E-state index is 0.559. The first kappa shape index (κ1) is 11.4. The van der Waals surface area contributed by atoms with E-state index in [0.717, 1.165) is 18.8 Å². The van der Waals surface area contributed by atoms with Gasteiger partial charge in [-0.2, -0.15) is 5.10 Å². The lowest BCUT2D eigenvalue weighted by atomic mass is 10.2. The summed E-state index contributed by atoms with van der Waals surface area (Å²) in [5, 5.41) is 7.32. The smallest absolute Gasteiger partial charge is 0.218 e. The summed E-state index contributed by atoms with van der Waals surface area (Å²) < 4.78 is 6.81. The van der Waals surface area contributed by atoms with Gasteiger partial charge in [-0.3, -0.25) is 4.68 Å². The molecule has 0 saturated heterocycles. The highest BCUT2D eigenvalue weighted by Gasteiger charge is 1.99. The molecule has 90 valence electrons. The quantitative estimate of drug-likeness (QED) is 0.830. The molecule has 0 saturated carbocycles. The van der Waals surface area contributed by atoms with Crippen molar-refractivity contribution < 1.29 is 4.74 Å². The molecule has 0 radical (unpaired) electrons. The average Bonchev–Trinajstić information content (AvgIpc) is 2.75. The number of anilines is 1. The fourth-order valence-corrected chi connectivity index (χ4v) is 1.48. The first-order valence-electron chi connectivity index (χ1n) is 5.35. The van der Waals surface area contributed by atoms with Crippen LogP contribution in [0.2, 0.25) is 0 Å². The average molecular weight is 233 g/mol. The Kier molecular flexibility index (Phi) is 3.54. The predicted octanol–water partition coefficient (Wildman–Crippen LogP) is 0.873. The molecule has 0 atom stereocenters. The molecule has 0 unspecified atom stereocenters. The molecule has 0 aliphatic heterocycles. The van der Waals surface area contributed by atoms with Crippen LogP contribution in [0.25, 0.3) is 0 Å². The lowest BCUT2D eigenvalue weighted by Crippen LogP contribution is -2.06. The summed E-state index contributed by atoms with van der Waals surface area (Å²) in [4.78, 5) is 8.04. The van der Waals surface area contributed by atoms with E-state index >= 15 is 0 Å². The first-order valence-corrected chi connectivity index (χ1v) is 5.35. The van der Waals surface area contributed by atoms with Crippen molar-refractivity contribution in [3.63, 3.8) is 0 Å². The van der Waals surface area contributed by atoms with E-state index in [-0.39, 0.29) is 0 Å². The Labute approximate surface area is 99.7 Å². The summed E-state index contributed by atoms with van der Waals surface area (Å²) in [6.07, 6.45) is 6.25. The lowest BCUT2D eigenvalue weighted by Gasteiger charge is -2.05. The van der Waals surface area contributed by atoms with Gasteiger partial charge < -0.3 is 10.1 Å². The zero-order valence-corrected chi connectivity index (χ0v) is 9.92. The van der Waals surface area contributed by atoms with Gasteiger partial charge in [-0.15, -0.1) is 0 Å². The Balaban J connectivity index is 1.85. The number of nitrogens with zero attached hydrogens (tertiary/aromatic N) is 4. The summed E-state index contributed by atoms with van der Waals surface area (Å²) in [5.74, 6) is 1.32. The van der Waals surface area contributed by atoms with E-state index in [1.807, 2.05) is 19.4 Å². The van der Waals surface area contributed by atoms with Gasteiger partial charge >= 0.3 is 0 Å². The number of hydrogen-bond donors (Lipinski definition) is 1. The van der Waals surface area contributed by atoms with Gasteiger partial charge in [-0.05, 0) is 12.0 Å². The largest absolute Gasteiger partial charge is 0.481 e. The molecule has 0 aliphatic rings. The Morgan fingerprint density at radius 3 is 3.00 bits per heavy atom. The molecular formula is C11H15N5O. The highest BCUT2D eigenvalue weighted by atomic mass is 16.5. The molecule has 2 heterocycles. The summed E-state index contributed by atoms with van der Waals surface area (Å²) in [5.41, 5.74) is 1.20. The molecule has 6 heteroatoms. The van der Waals surface area contributed by atoms with Crippen LogP contribution in [0, 0.1) is 0 Å². The second-order valence-electron chi connectivity index (χ2n) is 3.64. The third-order valence-electron chi connectivity index (χ3n) is 2.33. The van der Waals surface area contributed by atoms with Gasteiger partial charge in [-0.25, -0.2) is 9.97 Å². The van der Waals surface area contributed by atoms with Crippen molar-refractivity contribution >= 4 is 5.82 Å². The minimum absolute atomic E-state index is 0.559. The number of aryl methyl sites for hydroxylation is 1. The van der Waals surface area contributed by atoms with Crippen LogP contribution in [0.15, 0.2) is 24.8 Å². The van der Waals surface area contributed by atoms with Crippen LogP contribution in [0.5, 0.6) is 5.88 Å². The van der Waals surface area contributed by atoms with E-state index in [1.165, 1.54) is 11.9 Å². The summed E-state index contributed by atoms with van der Waals surface area (Å²) >= 11 is 0. The van der Waals surface area contributed by atoms with E-state index in [9.17, 15) is 0 Å².